The lowest BCUT2D eigenvalue weighted by molar-refractivity contribution is 0.217. The fraction of sp³-hybridized carbons (Fsp3) is 0.556. The zero-order valence-corrected chi connectivity index (χ0v) is 16.8. The molecule has 1 saturated heterocycles. The second kappa shape index (κ2) is 6.58. The van der Waals surface area contributed by atoms with Crippen LogP contribution in [-0.2, 0) is 5.41 Å². The van der Waals surface area contributed by atoms with Gasteiger partial charge in [0.15, 0.2) is 5.11 Å². The van der Waals surface area contributed by atoms with Gasteiger partial charge >= 0.3 is 0 Å². The summed E-state index contributed by atoms with van der Waals surface area (Å²) in [5, 5.41) is 5.45. The van der Waals surface area contributed by atoms with Crippen LogP contribution < -0.4 is 5.32 Å². The van der Waals surface area contributed by atoms with E-state index in [0.717, 1.165) is 42.5 Å². The van der Waals surface area contributed by atoms with E-state index in [1.54, 1.807) is 11.3 Å². The average Bonchev–Trinajstić information content (AvgIpc) is 2.91. The van der Waals surface area contributed by atoms with E-state index in [2.05, 4.69) is 62.0 Å². The third-order valence-corrected chi connectivity index (χ3v) is 6.21. The zero-order chi connectivity index (χ0) is 17.5. The lowest BCUT2D eigenvalue weighted by atomic mass is 9.98. The Balaban J connectivity index is 1.81. The van der Waals surface area contributed by atoms with Gasteiger partial charge in [-0.15, -0.1) is 11.3 Å². The first-order chi connectivity index (χ1) is 11.2. The summed E-state index contributed by atoms with van der Waals surface area (Å²) in [5.74, 6) is 0. The van der Waals surface area contributed by atoms with Crippen molar-refractivity contribution in [3.63, 3.8) is 0 Å². The number of anilines is 1. The second-order valence-corrected chi connectivity index (χ2v) is 9.04. The fourth-order valence-corrected chi connectivity index (χ4v) is 4.07. The summed E-state index contributed by atoms with van der Waals surface area (Å²) in [5.41, 5.74) is 3.44. The van der Waals surface area contributed by atoms with Gasteiger partial charge in [0.25, 0.3) is 0 Å². The number of nitrogens with zero attached hydrogens (tertiary/aromatic N) is 3. The van der Waals surface area contributed by atoms with Crippen molar-refractivity contribution in [3.05, 3.63) is 22.7 Å². The largest absolute Gasteiger partial charge is 0.346 e. The number of thiocarbonyl (C=S) groups is 1. The predicted molar refractivity (Wildman–Crippen MR) is 108 cm³/mol. The number of nitrogens with one attached hydrogen (secondary N) is 1. The van der Waals surface area contributed by atoms with Crippen LogP contribution in [0.25, 0.3) is 10.2 Å². The monoisotopic (exact) mass is 362 g/mol. The maximum atomic E-state index is 5.63. The lowest BCUT2D eigenvalue weighted by Gasteiger charge is -2.34. The van der Waals surface area contributed by atoms with E-state index >= 15 is 0 Å². The Morgan fingerprint density at radius 2 is 1.88 bits per heavy atom. The summed E-state index contributed by atoms with van der Waals surface area (Å²) in [6.07, 6.45) is 0. The molecule has 0 bridgehead atoms. The van der Waals surface area contributed by atoms with Gasteiger partial charge in [-0.25, -0.2) is 4.98 Å². The second-order valence-electron chi connectivity index (χ2n) is 7.62. The Labute approximate surface area is 153 Å². The molecule has 1 N–H and O–H groups in total. The van der Waals surface area contributed by atoms with E-state index in [0.29, 0.717) is 0 Å². The molecule has 0 atom stereocenters. The highest BCUT2D eigenvalue weighted by atomic mass is 32.1. The van der Waals surface area contributed by atoms with Crippen LogP contribution in [0.3, 0.4) is 0 Å². The zero-order valence-electron chi connectivity index (χ0n) is 15.1. The first-order valence-electron chi connectivity index (χ1n) is 8.40. The van der Waals surface area contributed by atoms with Crippen molar-refractivity contribution in [3.8, 4) is 0 Å². The molecule has 0 radical (unpaired) electrons. The summed E-state index contributed by atoms with van der Waals surface area (Å²) in [4.78, 5) is 9.40. The number of rotatable bonds is 1. The normalized spacial score (nSPS) is 16.6. The van der Waals surface area contributed by atoms with Crippen LogP contribution in [-0.4, -0.2) is 53.1 Å². The molecule has 0 amide bonds. The Bertz CT molecular complexity index is 752. The van der Waals surface area contributed by atoms with Crippen molar-refractivity contribution in [1.29, 1.82) is 0 Å². The number of likely N-dealkylation sites (N-methyl/N-ethyl adjacent to an activating group) is 1. The number of piperazine rings is 1. The highest BCUT2D eigenvalue weighted by Gasteiger charge is 2.20. The summed E-state index contributed by atoms with van der Waals surface area (Å²) in [6.45, 7) is 12.8. The number of fused-ring (bicyclic) bond motifs is 1. The Morgan fingerprint density at radius 3 is 2.50 bits per heavy atom. The topological polar surface area (TPSA) is 31.4 Å². The molecular formula is C18H26N4S2. The molecule has 3 rings (SSSR count). The number of hydrogen-bond acceptors (Lipinski definition) is 4. The molecule has 0 saturated carbocycles. The van der Waals surface area contributed by atoms with Crippen LogP contribution in [0, 0.1) is 6.92 Å². The van der Waals surface area contributed by atoms with Crippen LogP contribution in [0.15, 0.2) is 12.1 Å². The van der Waals surface area contributed by atoms with Crippen molar-refractivity contribution < 1.29 is 0 Å². The minimum Gasteiger partial charge on any atom is -0.346 e. The molecular weight excluding hydrogens is 336 g/mol. The van der Waals surface area contributed by atoms with Crippen molar-refractivity contribution in [2.24, 2.45) is 0 Å². The van der Waals surface area contributed by atoms with Gasteiger partial charge in [0.1, 0.15) is 0 Å². The fourth-order valence-electron chi connectivity index (χ4n) is 2.74. The highest BCUT2D eigenvalue weighted by molar-refractivity contribution is 7.80. The van der Waals surface area contributed by atoms with Gasteiger partial charge in [0.2, 0.25) is 0 Å². The van der Waals surface area contributed by atoms with Crippen LogP contribution >= 0.6 is 23.6 Å². The first-order valence-corrected chi connectivity index (χ1v) is 9.62. The van der Waals surface area contributed by atoms with Crippen LogP contribution in [0.4, 0.5) is 5.69 Å². The van der Waals surface area contributed by atoms with E-state index in [4.69, 9.17) is 17.2 Å². The number of aromatic nitrogens is 1. The highest BCUT2D eigenvalue weighted by Crippen LogP contribution is 2.34. The lowest BCUT2D eigenvalue weighted by Crippen LogP contribution is -2.48. The van der Waals surface area contributed by atoms with Gasteiger partial charge in [-0.2, -0.15) is 0 Å². The van der Waals surface area contributed by atoms with Gasteiger partial charge in [-0.3, -0.25) is 0 Å². The maximum Gasteiger partial charge on any atom is 0.173 e. The van der Waals surface area contributed by atoms with E-state index in [1.807, 2.05) is 0 Å². The van der Waals surface area contributed by atoms with Crippen molar-refractivity contribution in [1.82, 2.24) is 14.8 Å². The standard InChI is InChI=1S/C18H26N4S2/c1-12-10-14-15(24-16(19-14)18(2,3)4)11-13(12)20-17(23)22-8-6-21(5)7-9-22/h10-11H,6-9H2,1-5H3,(H,20,23). The van der Waals surface area contributed by atoms with E-state index in [9.17, 15) is 0 Å². The molecule has 1 aromatic heterocycles. The Morgan fingerprint density at radius 1 is 1.21 bits per heavy atom. The number of hydrogen-bond donors (Lipinski definition) is 1. The molecule has 1 aliphatic rings. The van der Waals surface area contributed by atoms with Crippen LogP contribution in [0.5, 0.6) is 0 Å². The van der Waals surface area contributed by atoms with Crippen molar-refractivity contribution in [2.75, 3.05) is 38.5 Å². The van der Waals surface area contributed by atoms with Crippen LogP contribution in [0.2, 0.25) is 0 Å². The molecule has 4 nitrogen and oxygen atoms in total. The molecule has 1 aromatic carbocycles. The van der Waals surface area contributed by atoms with Gasteiger partial charge < -0.3 is 15.1 Å². The molecule has 2 heterocycles. The number of thiazole rings is 1. The molecule has 0 unspecified atom stereocenters. The average molecular weight is 363 g/mol. The Hall–Kier alpha value is -1.24. The van der Waals surface area contributed by atoms with Gasteiger partial charge in [-0.05, 0) is 43.9 Å². The molecule has 0 aliphatic carbocycles. The third-order valence-electron chi connectivity index (χ3n) is 4.41. The summed E-state index contributed by atoms with van der Waals surface area (Å²) in [6, 6.07) is 4.36. The maximum absolute atomic E-state index is 5.63. The van der Waals surface area contributed by atoms with Gasteiger partial charge in [0, 0.05) is 37.3 Å². The van der Waals surface area contributed by atoms with E-state index < -0.39 is 0 Å². The first kappa shape index (κ1) is 17.6. The minimum absolute atomic E-state index is 0.0836. The number of benzene rings is 1. The molecule has 6 heteroatoms. The molecule has 130 valence electrons. The van der Waals surface area contributed by atoms with E-state index in [-0.39, 0.29) is 5.41 Å². The summed E-state index contributed by atoms with van der Waals surface area (Å²) in [7, 11) is 2.16. The van der Waals surface area contributed by atoms with E-state index in [1.165, 1.54) is 15.3 Å². The van der Waals surface area contributed by atoms with Crippen molar-refractivity contribution in [2.45, 2.75) is 33.1 Å². The Kier molecular flexibility index (Phi) is 4.82. The smallest absolute Gasteiger partial charge is 0.173 e. The SMILES string of the molecule is Cc1cc2nc(C(C)(C)C)sc2cc1NC(=S)N1CCN(C)CC1. The quantitative estimate of drug-likeness (QED) is 0.779. The van der Waals surface area contributed by atoms with Gasteiger partial charge in [0.05, 0.1) is 15.2 Å². The van der Waals surface area contributed by atoms with Crippen molar-refractivity contribution >= 4 is 44.6 Å². The molecule has 1 aliphatic heterocycles. The van der Waals surface area contributed by atoms with Gasteiger partial charge in [-0.1, -0.05) is 20.8 Å². The molecule has 1 fully saturated rings. The summed E-state index contributed by atoms with van der Waals surface area (Å²) < 4.78 is 1.22. The summed E-state index contributed by atoms with van der Waals surface area (Å²) >= 11 is 7.40. The van der Waals surface area contributed by atoms with Crippen LogP contribution in [0.1, 0.15) is 31.3 Å². The number of aryl methyl sites for hydroxylation is 1. The third kappa shape index (κ3) is 3.71. The molecule has 2 aromatic rings. The molecule has 24 heavy (non-hydrogen) atoms. The minimum atomic E-state index is 0.0836. The molecule has 0 spiro atoms. The predicted octanol–water partition coefficient (Wildman–Crippen LogP) is 3.85.